The van der Waals surface area contributed by atoms with Crippen LogP contribution in [0.25, 0.3) is 0 Å². The van der Waals surface area contributed by atoms with Crippen LogP contribution in [-0.2, 0) is 4.79 Å². The molecule has 2 aromatic rings. The molecular weight excluding hydrogens is 346 g/mol. The Morgan fingerprint density at radius 1 is 0.893 bits per heavy atom. The van der Waals surface area contributed by atoms with E-state index in [1.807, 2.05) is 36.4 Å². The van der Waals surface area contributed by atoms with Crippen molar-refractivity contribution in [2.24, 2.45) is 0 Å². The van der Waals surface area contributed by atoms with Crippen molar-refractivity contribution in [2.75, 3.05) is 13.1 Å². The zero-order valence-corrected chi connectivity index (χ0v) is 17.4. The molecule has 0 fully saturated rings. The first-order valence-electron chi connectivity index (χ1n) is 10.5. The molecule has 0 aromatic heterocycles. The van der Waals surface area contributed by atoms with Crippen molar-refractivity contribution < 1.29 is 4.79 Å². The first-order valence-corrected chi connectivity index (χ1v) is 10.5. The van der Waals surface area contributed by atoms with Crippen molar-refractivity contribution in [3.8, 4) is 0 Å². The Morgan fingerprint density at radius 3 is 1.96 bits per heavy atom. The topological polar surface area (TPSA) is 53.2 Å². The Bertz CT molecular complexity index is 633. The van der Waals surface area contributed by atoms with Gasteiger partial charge in [-0.3, -0.25) is 4.79 Å². The molecule has 0 saturated heterocycles. The van der Waals surface area contributed by atoms with E-state index in [1.165, 1.54) is 0 Å². The molecule has 0 saturated carbocycles. The number of nitrogens with one attached hydrogen (secondary N) is 3. The van der Waals surface area contributed by atoms with Gasteiger partial charge < -0.3 is 16.0 Å². The SMILES string of the molecule is CCNCCCCC(NC(C)C)C(=O)NC(c1ccccc1)c1ccccc1. The van der Waals surface area contributed by atoms with E-state index in [1.54, 1.807) is 0 Å². The monoisotopic (exact) mass is 381 g/mol. The molecule has 0 aliphatic carbocycles. The highest BCUT2D eigenvalue weighted by molar-refractivity contribution is 5.82. The first kappa shape index (κ1) is 22.1. The molecule has 3 N–H and O–H groups in total. The molecule has 1 amide bonds. The van der Waals surface area contributed by atoms with Crippen LogP contribution in [0.1, 0.15) is 57.2 Å². The summed E-state index contributed by atoms with van der Waals surface area (Å²) in [5.41, 5.74) is 2.19. The van der Waals surface area contributed by atoms with Gasteiger partial charge in [0.15, 0.2) is 0 Å². The van der Waals surface area contributed by atoms with Gasteiger partial charge in [-0.15, -0.1) is 0 Å². The molecule has 2 rings (SSSR count). The third kappa shape index (κ3) is 7.45. The average Bonchev–Trinajstić information content (AvgIpc) is 2.72. The minimum absolute atomic E-state index is 0.0647. The quantitative estimate of drug-likeness (QED) is 0.486. The van der Waals surface area contributed by atoms with Crippen LogP contribution in [0.3, 0.4) is 0 Å². The van der Waals surface area contributed by atoms with Crippen LogP contribution in [0.5, 0.6) is 0 Å². The van der Waals surface area contributed by atoms with E-state index in [4.69, 9.17) is 0 Å². The van der Waals surface area contributed by atoms with Gasteiger partial charge in [0.1, 0.15) is 0 Å². The molecule has 4 nitrogen and oxygen atoms in total. The van der Waals surface area contributed by atoms with Gasteiger partial charge in [-0.25, -0.2) is 0 Å². The number of benzene rings is 2. The standard InChI is InChI=1S/C24H35N3O/c1-4-25-18-12-11-17-22(26-19(2)3)24(28)27-23(20-13-7-5-8-14-20)21-15-9-6-10-16-21/h5-10,13-16,19,22-23,25-26H,4,11-12,17-18H2,1-3H3,(H,27,28). The largest absolute Gasteiger partial charge is 0.344 e. The molecule has 0 heterocycles. The maximum Gasteiger partial charge on any atom is 0.237 e. The van der Waals surface area contributed by atoms with Crippen molar-refractivity contribution >= 4 is 5.91 Å². The van der Waals surface area contributed by atoms with Gasteiger partial charge in [0, 0.05) is 6.04 Å². The van der Waals surface area contributed by atoms with Gasteiger partial charge in [-0.2, -0.15) is 0 Å². The molecule has 0 aliphatic heterocycles. The van der Waals surface area contributed by atoms with E-state index < -0.39 is 0 Å². The van der Waals surface area contributed by atoms with Gasteiger partial charge in [0.05, 0.1) is 12.1 Å². The second-order valence-electron chi connectivity index (χ2n) is 7.49. The molecule has 0 radical (unpaired) electrons. The van der Waals surface area contributed by atoms with E-state index >= 15 is 0 Å². The summed E-state index contributed by atoms with van der Waals surface area (Å²) in [4.78, 5) is 13.2. The van der Waals surface area contributed by atoms with Gasteiger partial charge in [0.2, 0.25) is 5.91 Å². The lowest BCUT2D eigenvalue weighted by Gasteiger charge is -2.25. The van der Waals surface area contributed by atoms with E-state index in [9.17, 15) is 4.79 Å². The second kappa shape index (κ2) is 12.3. The van der Waals surface area contributed by atoms with Gasteiger partial charge in [-0.05, 0) is 37.1 Å². The van der Waals surface area contributed by atoms with Crippen LogP contribution in [0.4, 0.5) is 0 Å². The summed E-state index contributed by atoms with van der Waals surface area (Å²) in [5, 5.41) is 10.1. The third-order valence-electron chi connectivity index (χ3n) is 4.75. The first-order chi connectivity index (χ1) is 13.6. The van der Waals surface area contributed by atoms with Crippen LogP contribution in [0, 0.1) is 0 Å². The van der Waals surface area contributed by atoms with Crippen LogP contribution in [0.2, 0.25) is 0 Å². The molecule has 1 atom stereocenters. The molecule has 4 heteroatoms. The summed E-state index contributed by atoms with van der Waals surface area (Å²) < 4.78 is 0. The fourth-order valence-electron chi connectivity index (χ4n) is 3.36. The number of unbranched alkanes of at least 4 members (excludes halogenated alkanes) is 1. The van der Waals surface area contributed by atoms with E-state index in [0.717, 1.165) is 43.5 Å². The van der Waals surface area contributed by atoms with Crippen molar-refractivity contribution in [1.29, 1.82) is 0 Å². The van der Waals surface area contributed by atoms with E-state index in [-0.39, 0.29) is 24.0 Å². The third-order valence-corrected chi connectivity index (χ3v) is 4.75. The second-order valence-corrected chi connectivity index (χ2v) is 7.49. The van der Waals surface area contributed by atoms with Crippen LogP contribution < -0.4 is 16.0 Å². The number of hydrogen-bond acceptors (Lipinski definition) is 3. The average molecular weight is 382 g/mol. The van der Waals surface area contributed by atoms with E-state index in [0.29, 0.717) is 0 Å². The van der Waals surface area contributed by atoms with Crippen LogP contribution >= 0.6 is 0 Å². The highest BCUT2D eigenvalue weighted by Gasteiger charge is 2.23. The van der Waals surface area contributed by atoms with Crippen LogP contribution in [-0.4, -0.2) is 31.1 Å². The van der Waals surface area contributed by atoms with Crippen molar-refractivity contribution in [2.45, 2.75) is 58.2 Å². The summed E-state index contributed by atoms with van der Waals surface area (Å²) >= 11 is 0. The lowest BCUT2D eigenvalue weighted by molar-refractivity contribution is -0.124. The molecule has 0 aliphatic rings. The predicted molar refractivity (Wildman–Crippen MR) is 117 cm³/mol. The zero-order chi connectivity index (χ0) is 20.2. The number of hydrogen-bond donors (Lipinski definition) is 3. The highest BCUT2D eigenvalue weighted by Crippen LogP contribution is 2.22. The Balaban J connectivity index is 2.09. The van der Waals surface area contributed by atoms with Crippen molar-refractivity contribution in [3.05, 3.63) is 71.8 Å². The van der Waals surface area contributed by atoms with Crippen LogP contribution in [0.15, 0.2) is 60.7 Å². The summed E-state index contributed by atoms with van der Waals surface area (Å²) in [6, 6.07) is 20.3. The summed E-state index contributed by atoms with van der Waals surface area (Å²) in [5.74, 6) is 0.0647. The minimum atomic E-state index is -0.184. The van der Waals surface area contributed by atoms with Gasteiger partial charge in [0.25, 0.3) is 0 Å². The number of amides is 1. The van der Waals surface area contributed by atoms with Crippen molar-refractivity contribution in [3.63, 3.8) is 0 Å². The molecule has 0 bridgehead atoms. The number of carbonyl (C=O) groups is 1. The molecule has 152 valence electrons. The minimum Gasteiger partial charge on any atom is -0.344 e. The Morgan fingerprint density at radius 2 is 1.46 bits per heavy atom. The summed E-state index contributed by atoms with van der Waals surface area (Å²) in [6.45, 7) is 8.28. The molecule has 0 spiro atoms. The zero-order valence-electron chi connectivity index (χ0n) is 17.4. The lowest BCUT2D eigenvalue weighted by Crippen LogP contribution is -2.48. The molecule has 28 heavy (non-hydrogen) atoms. The maximum atomic E-state index is 13.2. The highest BCUT2D eigenvalue weighted by atomic mass is 16.2. The molecule has 2 aromatic carbocycles. The fraction of sp³-hybridized carbons (Fsp3) is 0.458. The van der Waals surface area contributed by atoms with E-state index in [2.05, 4.69) is 61.0 Å². The van der Waals surface area contributed by atoms with Gasteiger partial charge >= 0.3 is 0 Å². The Kier molecular flexibility index (Phi) is 9.73. The predicted octanol–water partition coefficient (Wildman–Crippen LogP) is 4.04. The van der Waals surface area contributed by atoms with Crippen molar-refractivity contribution in [1.82, 2.24) is 16.0 Å². The Labute approximate surface area is 170 Å². The fourth-order valence-corrected chi connectivity index (χ4v) is 3.36. The summed E-state index contributed by atoms with van der Waals surface area (Å²) in [6.07, 6.45) is 2.94. The maximum absolute atomic E-state index is 13.2. The summed E-state index contributed by atoms with van der Waals surface area (Å²) in [7, 11) is 0. The number of carbonyl (C=O) groups excluding carboxylic acids is 1. The Hall–Kier alpha value is -2.17. The van der Waals surface area contributed by atoms with Gasteiger partial charge in [-0.1, -0.05) is 87.9 Å². The smallest absolute Gasteiger partial charge is 0.237 e. The molecule has 1 unspecified atom stereocenters. The lowest BCUT2D eigenvalue weighted by atomic mass is 9.97. The molecular formula is C24H35N3O. The normalized spacial score (nSPS) is 12.3. The number of rotatable bonds is 12.